The normalized spacial score (nSPS) is 17.7. The number of nitrogens with zero attached hydrogens (tertiary/aromatic N) is 6. The number of aromatic nitrogens is 5. The molecule has 0 spiro atoms. The Labute approximate surface area is 134 Å². The fraction of sp³-hybridized carbons (Fsp3) is 0.533. The maximum Gasteiger partial charge on any atom is 0.411 e. The standard InChI is InChI=1S/C15H20N6O2/c1-10-8-21-12(9-20(10)14(22)23-15(2,3)4)18-19-13(21)11-7-16-5-6-17-11/h5-7,10H,8-9H2,1-4H3/t10-/m0/s1. The minimum atomic E-state index is -0.521. The highest BCUT2D eigenvalue weighted by Gasteiger charge is 2.33. The first-order valence-corrected chi connectivity index (χ1v) is 7.53. The van der Waals surface area contributed by atoms with E-state index in [0.717, 1.165) is 5.82 Å². The van der Waals surface area contributed by atoms with Crippen molar-refractivity contribution in [2.45, 2.75) is 52.4 Å². The number of fused-ring (bicyclic) bond motifs is 1. The Balaban J connectivity index is 1.85. The summed E-state index contributed by atoms with van der Waals surface area (Å²) in [7, 11) is 0. The van der Waals surface area contributed by atoms with Crippen molar-refractivity contribution >= 4 is 6.09 Å². The SMILES string of the molecule is C[C@H]1Cn2c(nnc2-c2cnccn2)CN1C(=O)OC(C)(C)C. The molecule has 8 nitrogen and oxygen atoms in total. The first kappa shape index (κ1) is 15.4. The average molecular weight is 316 g/mol. The molecule has 0 N–H and O–H groups in total. The van der Waals surface area contributed by atoms with Gasteiger partial charge in [0.05, 0.1) is 18.8 Å². The molecular weight excluding hydrogens is 296 g/mol. The van der Waals surface area contributed by atoms with Gasteiger partial charge in [-0.25, -0.2) is 9.78 Å². The van der Waals surface area contributed by atoms with Gasteiger partial charge < -0.3 is 9.30 Å². The van der Waals surface area contributed by atoms with Crippen LogP contribution in [0.15, 0.2) is 18.6 Å². The van der Waals surface area contributed by atoms with Gasteiger partial charge in [-0.15, -0.1) is 10.2 Å². The van der Waals surface area contributed by atoms with E-state index >= 15 is 0 Å². The third-order valence-electron chi connectivity index (χ3n) is 3.54. The molecule has 23 heavy (non-hydrogen) atoms. The minimum Gasteiger partial charge on any atom is -0.444 e. The molecule has 122 valence electrons. The van der Waals surface area contributed by atoms with Crippen LogP contribution in [-0.2, 0) is 17.8 Å². The number of hydrogen-bond donors (Lipinski definition) is 0. The van der Waals surface area contributed by atoms with Gasteiger partial charge in [-0.2, -0.15) is 0 Å². The molecule has 3 rings (SSSR count). The third kappa shape index (κ3) is 3.15. The Morgan fingerprint density at radius 3 is 2.74 bits per heavy atom. The molecule has 0 saturated carbocycles. The number of rotatable bonds is 1. The summed E-state index contributed by atoms with van der Waals surface area (Å²) in [6, 6.07) is -0.0243. The largest absolute Gasteiger partial charge is 0.444 e. The summed E-state index contributed by atoms with van der Waals surface area (Å²) in [5.41, 5.74) is 0.149. The van der Waals surface area contributed by atoms with Crippen LogP contribution in [0.4, 0.5) is 4.79 Å². The van der Waals surface area contributed by atoms with Crippen molar-refractivity contribution < 1.29 is 9.53 Å². The van der Waals surface area contributed by atoms with Gasteiger partial charge in [-0.3, -0.25) is 9.88 Å². The number of carbonyl (C=O) groups excluding carboxylic acids is 1. The molecule has 0 bridgehead atoms. The molecule has 2 aromatic heterocycles. The van der Waals surface area contributed by atoms with Gasteiger partial charge in [0.1, 0.15) is 11.3 Å². The van der Waals surface area contributed by atoms with Crippen LogP contribution in [0.5, 0.6) is 0 Å². The lowest BCUT2D eigenvalue weighted by molar-refractivity contribution is 0.00942. The Kier molecular flexibility index (Phi) is 3.75. The first-order valence-electron chi connectivity index (χ1n) is 7.53. The Morgan fingerprint density at radius 1 is 1.30 bits per heavy atom. The molecule has 1 amide bonds. The highest BCUT2D eigenvalue weighted by atomic mass is 16.6. The van der Waals surface area contributed by atoms with E-state index in [-0.39, 0.29) is 12.1 Å². The second-order valence-electron chi connectivity index (χ2n) is 6.60. The van der Waals surface area contributed by atoms with E-state index < -0.39 is 5.60 Å². The average Bonchev–Trinajstić information content (AvgIpc) is 2.88. The Bertz CT molecular complexity index is 707. The van der Waals surface area contributed by atoms with Crippen molar-refractivity contribution in [3.63, 3.8) is 0 Å². The maximum atomic E-state index is 12.3. The summed E-state index contributed by atoms with van der Waals surface area (Å²) in [6.45, 7) is 8.50. The van der Waals surface area contributed by atoms with Gasteiger partial charge in [0.2, 0.25) is 0 Å². The van der Waals surface area contributed by atoms with Crippen molar-refractivity contribution in [1.82, 2.24) is 29.6 Å². The lowest BCUT2D eigenvalue weighted by atomic mass is 10.2. The van der Waals surface area contributed by atoms with Gasteiger partial charge in [-0.05, 0) is 27.7 Å². The van der Waals surface area contributed by atoms with Gasteiger partial charge in [0.25, 0.3) is 0 Å². The number of amides is 1. The van der Waals surface area contributed by atoms with Crippen molar-refractivity contribution in [2.24, 2.45) is 0 Å². The fourth-order valence-electron chi connectivity index (χ4n) is 2.48. The number of ether oxygens (including phenoxy) is 1. The van der Waals surface area contributed by atoms with E-state index in [2.05, 4.69) is 20.2 Å². The quantitative estimate of drug-likeness (QED) is 0.798. The fourth-order valence-corrected chi connectivity index (χ4v) is 2.48. The van der Waals surface area contributed by atoms with Crippen LogP contribution in [0.2, 0.25) is 0 Å². The van der Waals surface area contributed by atoms with Crippen LogP contribution in [-0.4, -0.2) is 47.4 Å². The zero-order chi connectivity index (χ0) is 16.6. The van der Waals surface area contributed by atoms with E-state index in [1.807, 2.05) is 32.3 Å². The summed E-state index contributed by atoms with van der Waals surface area (Å²) in [5, 5.41) is 8.39. The smallest absolute Gasteiger partial charge is 0.411 e. The second kappa shape index (κ2) is 5.60. The Morgan fingerprint density at radius 2 is 2.09 bits per heavy atom. The van der Waals surface area contributed by atoms with Gasteiger partial charge in [0, 0.05) is 18.9 Å². The van der Waals surface area contributed by atoms with Crippen molar-refractivity contribution in [1.29, 1.82) is 0 Å². The molecule has 2 aromatic rings. The van der Waals surface area contributed by atoms with Crippen molar-refractivity contribution in [2.75, 3.05) is 0 Å². The number of carbonyl (C=O) groups is 1. The van der Waals surface area contributed by atoms with E-state index in [0.29, 0.717) is 24.6 Å². The molecule has 0 radical (unpaired) electrons. The highest BCUT2D eigenvalue weighted by Crippen LogP contribution is 2.24. The predicted molar refractivity (Wildman–Crippen MR) is 82.3 cm³/mol. The summed E-state index contributed by atoms with van der Waals surface area (Å²) in [4.78, 5) is 22.3. The molecule has 0 unspecified atom stereocenters. The molecule has 1 atom stereocenters. The number of hydrogen-bond acceptors (Lipinski definition) is 6. The van der Waals surface area contributed by atoms with Crippen LogP contribution in [0, 0.1) is 0 Å². The van der Waals surface area contributed by atoms with Gasteiger partial charge in [0.15, 0.2) is 11.6 Å². The second-order valence-corrected chi connectivity index (χ2v) is 6.60. The summed E-state index contributed by atoms with van der Waals surface area (Å²) in [6.07, 6.45) is 4.56. The zero-order valence-corrected chi connectivity index (χ0v) is 13.7. The van der Waals surface area contributed by atoms with Crippen LogP contribution < -0.4 is 0 Å². The van der Waals surface area contributed by atoms with E-state index in [9.17, 15) is 4.79 Å². The topological polar surface area (TPSA) is 86.0 Å². The molecule has 1 aliphatic rings. The molecule has 0 aliphatic carbocycles. The van der Waals surface area contributed by atoms with Crippen molar-refractivity contribution in [3.05, 3.63) is 24.4 Å². The summed E-state index contributed by atoms with van der Waals surface area (Å²) >= 11 is 0. The molecule has 8 heteroatoms. The van der Waals surface area contributed by atoms with Crippen LogP contribution in [0.25, 0.3) is 11.5 Å². The van der Waals surface area contributed by atoms with E-state index in [4.69, 9.17) is 4.74 Å². The molecule has 1 aliphatic heterocycles. The maximum absolute atomic E-state index is 12.3. The molecule has 0 fully saturated rings. The van der Waals surface area contributed by atoms with Gasteiger partial charge >= 0.3 is 6.09 Å². The Hall–Kier alpha value is -2.51. The van der Waals surface area contributed by atoms with E-state index in [1.165, 1.54) is 0 Å². The molecule has 0 saturated heterocycles. The summed E-state index contributed by atoms with van der Waals surface area (Å²) < 4.78 is 7.44. The lowest BCUT2D eigenvalue weighted by Crippen LogP contribution is -2.47. The molecule has 3 heterocycles. The molecular formula is C15H20N6O2. The zero-order valence-electron chi connectivity index (χ0n) is 13.7. The van der Waals surface area contributed by atoms with Crippen molar-refractivity contribution in [3.8, 4) is 11.5 Å². The molecule has 0 aromatic carbocycles. The highest BCUT2D eigenvalue weighted by molar-refractivity contribution is 5.68. The minimum absolute atomic E-state index is 0.0243. The van der Waals surface area contributed by atoms with E-state index in [1.54, 1.807) is 23.5 Å². The predicted octanol–water partition coefficient (Wildman–Crippen LogP) is 1.87. The lowest BCUT2D eigenvalue weighted by Gasteiger charge is -2.35. The van der Waals surface area contributed by atoms with Crippen LogP contribution in [0.1, 0.15) is 33.5 Å². The third-order valence-corrected chi connectivity index (χ3v) is 3.54. The van der Waals surface area contributed by atoms with Gasteiger partial charge in [-0.1, -0.05) is 0 Å². The monoisotopic (exact) mass is 316 g/mol. The van der Waals surface area contributed by atoms with Crippen LogP contribution >= 0.6 is 0 Å². The first-order chi connectivity index (χ1) is 10.8. The summed E-state index contributed by atoms with van der Waals surface area (Å²) in [5.74, 6) is 1.39. The van der Waals surface area contributed by atoms with Crippen LogP contribution in [0.3, 0.4) is 0 Å².